The van der Waals surface area contributed by atoms with E-state index in [1.807, 2.05) is 26.2 Å². The molecule has 1 rings (SSSR count). The molecule has 0 atom stereocenters. The summed E-state index contributed by atoms with van der Waals surface area (Å²) >= 11 is 4.94. The van der Waals surface area contributed by atoms with Crippen LogP contribution >= 0.6 is 12.2 Å². The standard InChI is InChI=1S/C12H18N2O2S/c1-14(2)4-5-16-11-7-9(12(13)17)6-10(8-11)15-3/h6-8H,4-5H2,1-3H3,(H2,13,17). The molecule has 0 unspecified atom stereocenters. The van der Waals surface area contributed by atoms with E-state index >= 15 is 0 Å². The molecule has 0 fully saturated rings. The van der Waals surface area contributed by atoms with Crippen molar-refractivity contribution in [3.63, 3.8) is 0 Å². The van der Waals surface area contributed by atoms with Gasteiger partial charge in [-0.25, -0.2) is 0 Å². The lowest BCUT2D eigenvalue weighted by molar-refractivity contribution is 0.260. The van der Waals surface area contributed by atoms with Crippen LogP contribution in [0, 0.1) is 0 Å². The van der Waals surface area contributed by atoms with Crippen LogP contribution < -0.4 is 15.2 Å². The number of hydrogen-bond donors (Lipinski definition) is 1. The number of hydrogen-bond acceptors (Lipinski definition) is 4. The summed E-state index contributed by atoms with van der Waals surface area (Å²) < 4.78 is 10.8. The lowest BCUT2D eigenvalue weighted by Gasteiger charge is -2.12. The predicted molar refractivity (Wildman–Crippen MR) is 72.9 cm³/mol. The maximum atomic E-state index is 5.61. The van der Waals surface area contributed by atoms with Crippen molar-refractivity contribution in [2.45, 2.75) is 0 Å². The van der Waals surface area contributed by atoms with Gasteiger partial charge < -0.3 is 20.1 Å². The number of likely N-dealkylation sites (N-methyl/N-ethyl adjacent to an activating group) is 1. The Morgan fingerprint density at radius 1 is 1.29 bits per heavy atom. The molecule has 5 heteroatoms. The molecule has 0 amide bonds. The summed E-state index contributed by atoms with van der Waals surface area (Å²) in [5.74, 6) is 1.41. The average molecular weight is 254 g/mol. The predicted octanol–water partition coefficient (Wildman–Crippen LogP) is 1.27. The Kier molecular flexibility index (Phi) is 5.18. The molecule has 0 aliphatic carbocycles. The van der Waals surface area contributed by atoms with Crippen LogP contribution in [0.25, 0.3) is 0 Å². The molecule has 4 nitrogen and oxygen atoms in total. The van der Waals surface area contributed by atoms with Crippen molar-refractivity contribution in [1.29, 1.82) is 0 Å². The fourth-order valence-corrected chi connectivity index (χ4v) is 1.38. The van der Waals surface area contributed by atoms with Gasteiger partial charge in [0.15, 0.2) is 0 Å². The van der Waals surface area contributed by atoms with Gasteiger partial charge in [-0.3, -0.25) is 0 Å². The minimum absolute atomic E-state index is 0.335. The Balaban J connectivity index is 2.76. The van der Waals surface area contributed by atoms with Crippen molar-refractivity contribution in [2.75, 3.05) is 34.4 Å². The van der Waals surface area contributed by atoms with E-state index in [-0.39, 0.29) is 0 Å². The zero-order chi connectivity index (χ0) is 12.8. The van der Waals surface area contributed by atoms with Gasteiger partial charge in [-0.05, 0) is 26.2 Å². The van der Waals surface area contributed by atoms with Crippen LogP contribution in [0.3, 0.4) is 0 Å². The van der Waals surface area contributed by atoms with Crippen molar-refractivity contribution in [1.82, 2.24) is 4.90 Å². The smallest absolute Gasteiger partial charge is 0.123 e. The number of thiocarbonyl (C=S) groups is 1. The summed E-state index contributed by atoms with van der Waals surface area (Å²) in [6.45, 7) is 1.45. The minimum atomic E-state index is 0.335. The number of rotatable bonds is 6. The normalized spacial score (nSPS) is 10.4. The van der Waals surface area contributed by atoms with E-state index in [0.29, 0.717) is 23.1 Å². The lowest BCUT2D eigenvalue weighted by atomic mass is 10.2. The van der Waals surface area contributed by atoms with E-state index in [1.54, 1.807) is 13.2 Å². The molecule has 1 aromatic rings. The third kappa shape index (κ3) is 4.58. The van der Waals surface area contributed by atoms with Gasteiger partial charge >= 0.3 is 0 Å². The van der Waals surface area contributed by atoms with Gasteiger partial charge in [0.25, 0.3) is 0 Å². The average Bonchev–Trinajstić information content (AvgIpc) is 2.28. The van der Waals surface area contributed by atoms with Crippen molar-refractivity contribution in [3.8, 4) is 11.5 Å². The Labute approximate surface area is 107 Å². The van der Waals surface area contributed by atoms with Gasteiger partial charge in [0.1, 0.15) is 23.1 Å². The molecule has 94 valence electrons. The number of ether oxygens (including phenoxy) is 2. The van der Waals surface area contributed by atoms with E-state index in [9.17, 15) is 0 Å². The van der Waals surface area contributed by atoms with Crippen LogP contribution in [0.2, 0.25) is 0 Å². The third-order valence-electron chi connectivity index (χ3n) is 2.21. The molecule has 1 aromatic carbocycles. The van der Waals surface area contributed by atoms with E-state index in [4.69, 9.17) is 27.4 Å². The second kappa shape index (κ2) is 6.42. The van der Waals surface area contributed by atoms with E-state index < -0.39 is 0 Å². The van der Waals surface area contributed by atoms with Crippen LogP contribution in [-0.2, 0) is 0 Å². The van der Waals surface area contributed by atoms with Crippen molar-refractivity contribution in [3.05, 3.63) is 23.8 Å². The summed E-state index contributed by atoms with van der Waals surface area (Å²) in [5, 5.41) is 0. The molecular weight excluding hydrogens is 236 g/mol. The van der Waals surface area contributed by atoms with E-state index in [1.165, 1.54) is 0 Å². The van der Waals surface area contributed by atoms with Gasteiger partial charge in [0.05, 0.1) is 7.11 Å². The topological polar surface area (TPSA) is 47.7 Å². The molecule has 0 aliphatic heterocycles. The Hall–Kier alpha value is -1.33. The van der Waals surface area contributed by atoms with Crippen molar-refractivity contribution in [2.24, 2.45) is 5.73 Å². The van der Waals surface area contributed by atoms with Crippen LogP contribution in [0.15, 0.2) is 18.2 Å². The SMILES string of the molecule is COc1cc(OCCN(C)C)cc(C(N)=S)c1. The summed E-state index contributed by atoms with van der Waals surface area (Å²) in [6, 6.07) is 5.43. The second-order valence-corrected chi connectivity index (χ2v) is 4.35. The molecule has 2 N–H and O–H groups in total. The van der Waals surface area contributed by atoms with Crippen LogP contribution in [0.5, 0.6) is 11.5 Å². The first-order valence-electron chi connectivity index (χ1n) is 5.29. The van der Waals surface area contributed by atoms with Gasteiger partial charge in [0.2, 0.25) is 0 Å². The quantitative estimate of drug-likeness (QED) is 0.775. The molecule has 0 radical (unpaired) electrons. The first-order chi connectivity index (χ1) is 8.02. The fraction of sp³-hybridized carbons (Fsp3) is 0.417. The highest BCUT2D eigenvalue weighted by Gasteiger charge is 2.04. The van der Waals surface area contributed by atoms with Gasteiger partial charge in [-0.2, -0.15) is 0 Å². The van der Waals surface area contributed by atoms with Gasteiger partial charge in [0, 0.05) is 18.2 Å². The fourth-order valence-electron chi connectivity index (χ4n) is 1.26. The summed E-state index contributed by atoms with van der Waals surface area (Å²) in [5.41, 5.74) is 6.34. The Morgan fingerprint density at radius 2 is 1.94 bits per heavy atom. The largest absolute Gasteiger partial charge is 0.497 e. The zero-order valence-electron chi connectivity index (χ0n) is 10.4. The molecule has 0 saturated heterocycles. The highest BCUT2D eigenvalue weighted by molar-refractivity contribution is 7.80. The third-order valence-corrected chi connectivity index (χ3v) is 2.44. The van der Waals surface area contributed by atoms with Crippen LogP contribution in [-0.4, -0.2) is 44.2 Å². The number of methoxy groups -OCH3 is 1. The Bertz CT molecular complexity index is 394. The molecule has 0 saturated carbocycles. The Morgan fingerprint density at radius 3 is 2.47 bits per heavy atom. The molecule has 0 aromatic heterocycles. The molecule has 0 aliphatic rings. The maximum absolute atomic E-state index is 5.61. The highest BCUT2D eigenvalue weighted by atomic mass is 32.1. The zero-order valence-corrected chi connectivity index (χ0v) is 11.2. The number of benzene rings is 1. The monoisotopic (exact) mass is 254 g/mol. The van der Waals surface area contributed by atoms with Gasteiger partial charge in [-0.1, -0.05) is 12.2 Å². The molecule has 0 heterocycles. The number of nitrogens with zero attached hydrogens (tertiary/aromatic N) is 1. The minimum Gasteiger partial charge on any atom is -0.497 e. The molecule has 0 bridgehead atoms. The van der Waals surface area contributed by atoms with Crippen LogP contribution in [0.1, 0.15) is 5.56 Å². The maximum Gasteiger partial charge on any atom is 0.123 e. The highest BCUT2D eigenvalue weighted by Crippen LogP contribution is 2.22. The van der Waals surface area contributed by atoms with Crippen molar-refractivity contribution >= 4 is 17.2 Å². The summed E-state index contributed by atoms with van der Waals surface area (Å²) in [4.78, 5) is 2.38. The second-order valence-electron chi connectivity index (χ2n) is 3.91. The first-order valence-corrected chi connectivity index (χ1v) is 5.70. The van der Waals surface area contributed by atoms with Gasteiger partial charge in [-0.15, -0.1) is 0 Å². The molecular formula is C12H18N2O2S. The molecule has 17 heavy (non-hydrogen) atoms. The summed E-state index contributed by atoms with van der Waals surface area (Å²) in [6.07, 6.45) is 0. The van der Waals surface area contributed by atoms with Crippen molar-refractivity contribution < 1.29 is 9.47 Å². The van der Waals surface area contributed by atoms with Crippen LogP contribution in [0.4, 0.5) is 0 Å². The lowest BCUT2D eigenvalue weighted by Crippen LogP contribution is -2.19. The molecule has 0 spiro atoms. The summed E-state index contributed by atoms with van der Waals surface area (Å²) in [7, 11) is 5.59. The van der Waals surface area contributed by atoms with E-state index in [2.05, 4.69) is 4.90 Å². The van der Waals surface area contributed by atoms with E-state index in [0.717, 1.165) is 12.1 Å². The number of nitrogens with two attached hydrogens (primary N) is 1. The first kappa shape index (κ1) is 13.7.